The van der Waals surface area contributed by atoms with Crippen molar-refractivity contribution in [2.24, 2.45) is 23.7 Å². The summed E-state index contributed by atoms with van der Waals surface area (Å²) in [6, 6.07) is 12.6. The van der Waals surface area contributed by atoms with Gasteiger partial charge in [-0.15, -0.1) is 0 Å². The number of carbonyl (C=O) groups is 4. The first kappa shape index (κ1) is 18.5. The van der Waals surface area contributed by atoms with Gasteiger partial charge in [0.05, 0.1) is 23.1 Å². The van der Waals surface area contributed by atoms with Gasteiger partial charge in [0.25, 0.3) is 0 Å². The van der Waals surface area contributed by atoms with E-state index in [-0.39, 0.29) is 41.3 Å². The van der Waals surface area contributed by atoms with Crippen LogP contribution in [0.4, 0.5) is 5.69 Å². The van der Waals surface area contributed by atoms with Crippen molar-refractivity contribution in [2.75, 3.05) is 4.90 Å². The number of amides is 2. The standard InChI is InChI=1S/C24H19NO5/c1-13(26)14-6-10-19(11-7-14)30-24(29)15-4-8-18(9-5-15)25-22(27)20-16-2-3-17(12-16)21(20)23(25)28/h2-11,16-17,20-21H,12H2,1H3/t16-,17+,20-,21+. The van der Waals surface area contributed by atoms with E-state index in [1.807, 2.05) is 0 Å². The maximum absolute atomic E-state index is 12.9. The number of Topliss-reactive ketones (excluding diaryl/α,β-unsaturated/α-hetero) is 1. The molecule has 5 rings (SSSR count). The lowest BCUT2D eigenvalue weighted by molar-refractivity contribution is -0.123. The second-order valence-electron chi connectivity index (χ2n) is 8.03. The Bertz CT molecular complexity index is 1070. The van der Waals surface area contributed by atoms with Crippen LogP contribution in [0, 0.1) is 23.7 Å². The lowest BCUT2D eigenvalue weighted by atomic mass is 9.85. The number of carbonyl (C=O) groups excluding carboxylic acids is 4. The van der Waals surface area contributed by atoms with E-state index in [4.69, 9.17) is 4.74 Å². The Hall–Kier alpha value is -3.54. The third-order valence-corrected chi connectivity index (χ3v) is 6.30. The minimum Gasteiger partial charge on any atom is -0.423 e. The van der Waals surface area contributed by atoms with Crippen LogP contribution in [0.2, 0.25) is 0 Å². The zero-order valence-corrected chi connectivity index (χ0v) is 16.3. The van der Waals surface area contributed by atoms with Crippen molar-refractivity contribution in [1.82, 2.24) is 0 Å². The molecule has 4 atom stereocenters. The van der Waals surface area contributed by atoms with Crippen LogP contribution in [0.25, 0.3) is 0 Å². The van der Waals surface area contributed by atoms with Gasteiger partial charge in [0.15, 0.2) is 5.78 Å². The van der Waals surface area contributed by atoms with E-state index in [0.29, 0.717) is 22.6 Å². The van der Waals surface area contributed by atoms with Gasteiger partial charge in [-0.1, -0.05) is 12.2 Å². The number of anilines is 1. The van der Waals surface area contributed by atoms with Gasteiger partial charge in [-0.25, -0.2) is 4.79 Å². The summed E-state index contributed by atoms with van der Waals surface area (Å²) in [6.45, 7) is 1.47. The second kappa shape index (κ2) is 6.76. The van der Waals surface area contributed by atoms with Crippen LogP contribution in [0.15, 0.2) is 60.7 Å². The van der Waals surface area contributed by atoms with E-state index in [1.165, 1.54) is 11.8 Å². The number of esters is 1. The first-order valence-electron chi connectivity index (χ1n) is 9.93. The van der Waals surface area contributed by atoms with E-state index in [2.05, 4.69) is 12.2 Å². The van der Waals surface area contributed by atoms with Gasteiger partial charge >= 0.3 is 5.97 Å². The molecule has 30 heavy (non-hydrogen) atoms. The average molecular weight is 401 g/mol. The SMILES string of the molecule is CC(=O)c1ccc(OC(=O)c2ccc(N3C(=O)[C@@H]4[C@H](C3=O)[C@@H]3C=C[C@H]4C3)cc2)cc1. The highest BCUT2D eigenvalue weighted by atomic mass is 16.5. The fourth-order valence-corrected chi connectivity index (χ4v) is 4.83. The summed E-state index contributed by atoms with van der Waals surface area (Å²) in [4.78, 5) is 50.7. The number of allylic oxidation sites excluding steroid dienone is 2. The predicted octanol–water partition coefficient (Wildman–Crippen LogP) is 3.42. The number of fused-ring (bicyclic) bond motifs is 5. The van der Waals surface area contributed by atoms with Crippen molar-refractivity contribution in [1.29, 1.82) is 0 Å². The molecule has 0 aromatic heterocycles. The fourth-order valence-electron chi connectivity index (χ4n) is 4.83. The van der Waals surface area contributed by atoms with Gasteiger partial charge in [-0.3, -0.25) is 19.3 Å². The molecule has 1 saturated heterocycles. The molecule has 3 aliphatic rings. The number of ether oxygens (including phenoxy) is 1. The molecule has 2 aromatic rings. The van der Waals surface area contributed by atoms with Crippen molar-refractivity contribution in [2.45, 2.75) is 13.3 Å². The molecule has 0 radical (unpaired) electrons. The first-order chi connectivity index (χ1) is 14.4. The summed E-state index contributed by atoms with van der Waals surface area (Å²) < 4.78 is 5.33. The number of hydrogen-bond acceptors (Lipinski definition) is 5. The third kappa shape index (κ3) is 2.79. The highest BCUT2D eigenvalue weighted by molar-refractivity contribution is 6.22. The highest BCUT2D eigenvalue weighted by Crippen LogP contribution is 2.53. The molecule has 1 aliphatic heterocycles. The Morgan fingerprint density at radius 3 is 1.90 bits per heavy atom. The van der Waals surface area contributed by atoms with Crippen LogP contribution in [0.3, 0.4) is 0 Å². The van der Waals surface area contributed by atoms with Gasteiger partial charge in [0.1, 0.15) is 5.75 Å². The van der Waals surface area contributed by atoms with E-state index in [0.717, 1.165) is 6.42 Å². The van der Waals surface area contributed by atoms with E-state index >= 15 is 0 Å². The zero-order valence-electron chi connectivity index (χ0n) is 16.3. The Morgan fingerprint density at radius 1 is 0.833 bits per heavy atom. The van der Waals surface area contributed by atoms with Crippen molar-refractivity contribution < 1.29 is 23.9 Å². The van der Waals surface area contributed by atoms with Crippen molar-refractivity contribution >= 4 is 29.3 Å². The molecular weight excluding hydrogens is 382 g/mol. The predicted molar refractivity (Wildman–Crippen MR) is 108 cm³/mol. The van der Waals surface area contributed by atoms with Gasteiger partial charge in [-0.05, 0) is 73.7 Å². The minimum absolute atomic E-state index is 0.0672. The fraction of sp³-hybridized carbons (Fsp3) is 0.250. The van der Waals surface area contributed by atoms with Crippen LogP contribution >= 0.6 is 0 Å². The lowest BCUT2D eigenvalue weighted by Gasteiger charge is -2.17. The Labute approximate surface area is 173 Å². The molecule has 6 heteroatoms. The Balaban J connectivity index is 1.31. The lowest BCUT2D eigenvalue weighted by Crippen LogP contribution is -2.32. The number of benzene rings is 2. The molecule has 2 aromatic carbocycles. The molecule has 0 unspecified atom stereocenters. The van der Waals surface area contributed by atoms with Gasteiger partial charge in [0.2, 0.25) is 11.8 Å². The summed E-state index contributed by atoms with van der Waals surface area (Å²) in [7, 11) is 0. The van der Waals surface area contributed by atoms with Crippen LogP contribution in [0.1, 0.15) is 34.1 Å². The number of ketones is 1. The van der Waals surface area contributed by atoms with E-state index in [9.17, 15) is 19.2 Å². The van der Waals surface area contributed by atoms with Gasteiger partial charge < -0.3 is 4.74 Å². The largest absolute Gasteiger partial charge is 0.423 e. The van der Waals surface area contributed by atoms with Gasteiger partial charge in [-0.2, -0.15) is 0 Å². The highest BCUT2D eigenvalue weighted by Gasteiger charge is 2.59. The summed E-state index contributed by atoms with van der Waals surface area (Å²) in [6.07, 6.45) is 5.00. The van der Waals surface area contributed by atoms with Crippen molar-refractivity contribution in [3.8, 4) is 5.75 Å². The van der Waals surface area contributed by atoms with Gasteiger partial charge in [0, 0.05) is 5.56 Å². The van der Waals surface area contributed by atoms with E-state index in [1.54, 1.807) is 48.5 Å². The molecule has 6 nitrogen and oxygen atoms in total. The maximum atomic E-state index is 12.9. The number of hydrogen-bond donors (Lipinski definition) is 0. The van der Waals surface area contributed by atoms with Crippen molar-refractivity contribution in [3.63, 3.8) is 0 Å². The Morgan fingerprint density at radius 2 is 1.37 bits per heavy atom. The Kier molecular flexibility index (Phi) is 4.17. The average Bonchev–Trinajstić information content (AvgIpc) is 3.42. The normalized spacial score (nSPS) is 26.2. The molecular formula is C24H19NO5. The van der Waals surface area contributed by atoms with Crippen LogP contribution in [0.5, 0.6) is 5.75 Å². The topological polar surface area (TPSA) is 80.8 Å². The third-order valence-electron chi connectivity index (χ3n) is 6.30. The van der Waals surface area contributed by atoms with Crippen LogP contribution < -0.4 is 9.64 Å². The molecule has 2 bridgehead atoms. The minimum atomic E-state index is -0.560. The molecule has 1 saturated carbocycles. The smallest absolute Gasteiger partial charge is 0.343 e. The molecule has 0 N–H and O–H groups in total. The molecule has 2 amide bonds. The molecule has 2 fully saturated rings. The molecule has 150 valence electrons. The summed E-state index contributed by atoms with van der Waals surface area (Å²) in [5.41, 5.74) is 1.31. The van der Waals surface area contributed by atoms with Crippen LogP contribution in [-0.2, 0) is 9.59 Å². The molecule has 2 aliphatic carbocycles. The summed E-state index contributed by atoms with van der Waals surface area (Å²) in [5, 5.41) is 0. The second-order valence-corrected chi connectivity index (χ2v) is 8.03. The summed E-state index contributed by atoms with van der Waals surface area (Å²) >= 11 is 0. The number of rotatable bonds is 4. The molecule has 0 spiro atoms. The van der Waals surface area contributed by atoms with Crippen LogP contribution in [-0.4, -0.2) is 23.6 Å². The van der Waals surface area contributed by atoms with E-state index < -0.39 is 5.97 Å². The molecule has 1 heterocycles. The van der Waals surface area contributed by atoms with Crippen molar-refractivity contribution in [3.05, 3.63) is 71.8 Å². The summed E-state index contributed by atoms with van der Waals surface area (Å²) in [5.74, 6) is -0.793. The number of imide groups is 1. The number of nitrogens with zero attached hydrogens (tertiary/aromatic N) is 1. The monoisotopic (exact) mass is 401 g/mol. The zero-order chi connectivity index (χ0) is 21.0. The first-order valence-corrected chi connectivity index (χ1v) is 9.93. The quantitative estimate of drug-likeness (QED) is 0.258. The maximum Gasteiger partial charge on any atom is 0.343 e.